The van der Waals surface area contributed by atoms with E-state index in [-0.39, 0.29) is 5.97 Å². The van der Waals surface area contributed by atoms with Gasteiger partial charge in [0, 0.05) is 24.6 Å². The molecule has 17 heavy (non-hydrogen) atoms. The summed E-state index contributed by atoms with van der Waals surface area (Å²) in [5, 5.41) is 3.20. The van der Waals surface area contributed by atoms with Crippen molar-refractivity contribution in [3.05, 3.63) is 22.8 Å². The van der Waals surface area contributed by atoms with E-state index in [4.69, 9.17) is 4.74 Å². The van der Waals surface area contributed by atoms with Gasteiger partial charge in [-0.15, -0.1) is 0 Å². The van der Waals surface area contributed by atoms with Gasteiger partial charge < -0.3 is 10.1 Å². The first kappa shape index (κ1) is 10.7. The van der Waals surface area contributed by atoms with Crippen LogP contribution < -0.4 is 5.32 Å². The minimum Gasteiger partial charge on any atom is -0.464 e. The third-order valence-electron chi connectivity index (χ3n) is 3.55. The third kappa shape index (κ3) is 1.70. The normalized spacial score (nSPS) is 18.6. The van der Waals surface area contributed by atoms with Crippen molar-refractivity contribution >= 4 is 5.97 Å². The zero-order valence-electron chi connectivity index (χ0n) is 9.82. The van der Waals surface area contributed by atoms with Crippen molar-refractivity contribution in [1.82, 2.24) is 15.3 Å². The monoisotopic (exact) mass is 233 g/mol. The molecule has 0 aromatic carbocycles. The summed E-state index contributed by atoms with van der Waals surface area (Å²) < 4.78 is 4.79. The summed E-state index contributed by atoms with van der Waals surface area (Å²) in [5.41, 5.74) is 2.31. The van der Waals surface area contributed by atoms with Crippen LogP contribution >= 0.6 is 0 Å². The highest BCUT2D eigenvalue weighted by atomic mass is 16.5. The van der Waals surface area contributed by atoms with E-state index in [0.717, 1.165) is 36.5 Å². The lowest BCUT2D eigenvalue weighted by atomic mass is 9.84. The van der Waals surface area contributed by atoms with Gasteiger partial charge in [-0.1, -0.05) is 6.42 Å². The molecule has 1 aliphatic heterocycles. The molecule has 5 heteroatoms. The number of nitrogens with one attached hydrogen (secondary N) is 1. The van der Waals surface area contributed by atoms with Crippen LogP contribution in [0.5, 0.6) is 0 Å². The van der Waals surface area contributed by atoms with E-state index in [9.17, 15) is 4.79 Å². The van der Waals surface area contributed by atoms with Crippen LogP contribution in [-0.2, 0) is 17.8 Å². The fourth-order valence-electron chi connectivity index (χ4n) is 2.30. The topological polar surface area (TPSA) is 64.1 Å². The Morgan fingerprint density at radius 3 is 2.82 bits per heavy atom. The fourth-order valence-corrected chi connectivity index (χ4v) is 2.30. The molecule has 3 rings (SSSR count). The molecule has 5 nitrogen and oxygen atoms in total. The Balaban J connectivity index is 2.05. The molecule has 90 valence electrons. The quantitative estimate of drug-likeness (QED) is 0.776. The van der Waals surface area contributed by atoms with Crippen molar-refractivity contribution in [3.8, 4) is 0 Å². The van der Waals surface area contributed by atoms with E-state index in [1.54, 1.807) is 0 Å². The molecular formula is C12H15N3O2. The van der Waals surface area contributed by atoms with Gasteiger partial charge in [0.2, 0.25) is 0 Å². The molecule has 0 bridgehead atoms. The van der Waals surface area contributed by atoms with E-state index < -0.39 is 0 Å². The van der Waals surface area contributed by atoms with Crippen molar-refractivity contribution in [2.24, 2.45) is 0 Å². The van der Waals surface area contributed by atoms with Crippen LogP contribution in [0, 0.1) is 0 Å². The van der Waals surface area contributed by atoms with Crippen LogP contribution in [0.4, 0.5) is 0 Å². The second-order valence-corrected chi connectivity index (χ2v) is 4.58. The molecule has 1 saturated carbocycles. The van der Waals surface area contributed by atoms with Crippen molar-refractivity contribution in [3.63, 3.8) is 0 Å². The zero-order valence-corrected chi connectivity index (χ0v) is 9.82. The van der Waals surface area contributed by atoms with Gasteiger partial charge in [0.25, 0.3) is 0 Å². The van der Waals surface area contributed by atoms with E-state index in [2.05, 4.69) is 15.3 Å². The molecule has 1 N–H and O–H groups in total. The molecule has 0 saturated heterocycles. The second kappa shape index (κ2) is 4.07. The number of esters is 1. The van der Waals surface area contributed by atoms with Crippen molar-refractivity contribution in [2.45, 2.75) is 38.3 Å². The highest BCUT2D eigenvalue weighted by Gasteiger charge is 2.28. The van der Waals surface area contributed by atoms with E-state index >= 15 is 0 Å². The summed E-state index contributed by atoms with van der Waals surface area (Å²) in [6.45, 7) is 1.38. The predicted octanol–water partition coefficient (Wildman–Crippen LogP) is 1.13. The first-order valence-electron chi connectivity index (χ1n) is 5.98. The average Bonchev–Trinajstić information content (AvgIpc) is 2.72. The number of fused-ring (bicyclic) bond motifs is 1. The standard InChI is InChI=1S/C12H15N3O2/c1-17-12(16)10-8-5-13-6-9(8)14-11(15-10)7-3-2-4-7/h7,13H,2-6H2,1H3. The van der Waals surface area contributed by atoms with Crippen LogP contribution in [0.2, 0.25) is 0 Å². The summed E-state index contributed by atoms with van der Waals surface area (Å²) in [7, 11) is 1.39. The summed E-state index contributed by atoms with van der Waals surface area (Å²) in [6.07, 6.45) is 3.50. The van der Waals surface area contributed by atoms with Gasteiger partial charge in [-0.05, 0) is 12.8 Å². The van der Waals surface area contributed by atoms with Crippen molar-refractivity contribution in [2.75, 3.05) is 7.11 Å². The van der Waals surface area contributed by atoms with Gasteiger partial charge in [-0.3, -0.25) is 0 Å². The Morgan fingerprint density at radius 1 is 1.35 bits per heavy atom. The third-order valence-corrected chi connectivity index (χ3v) is 3.55. The first-order valence-corrected chi connectivity index (χ1v) is 5.98. The second-order valence-electron chi connectivity index (χ2n) is 4.58. The lowest BCUT2D eigenvalue weighted by Gasteiger charge is -2.24. The van der Waals surface area contributed by atoms with Gasteiger partial charge in [0.1, 0.15) is 5.82 Å². The summed E-state index contributed by atoms with van der Waals surface area (Å²) in [6, 6.07) is 0. The van der Waals surface area contributed by atoms with E-state index in [0.29, 0.717) is 18.2 Å². The molecule has 0 atom stereocenters. The number of carbonyl (C=O) groups is 1. The van der Waals surface area contributed by atoms with E-state index in [1.807, 2.05) is 0 Å². The van der Waals surface area contributed by atoms with Crippen LogP contribution in [-0.4, -0.2) is 23.0 Å². The summed E-state index contributed by atoms with van der Waals surface area (Å²) in [4.78, 5) is 20.7. The molecule has 0 radical (unpaired) electrons. The Morgan fingerprint density at radius 2 is 2.18 bits per heavy atom. The number of aromatic nitrogens is 2. The maximum atomic E-state index is 11.7. The number of carbonyl (C=O) groups excluding carboxylic acids is 1. The molecule has 1 aromatic heterocycles. The molecule has 1 aliphatic carbocycles. The van der Waals surface area contributed by atoms with Crippen LogP contribution in [0.25, 0.3) is 0 Å². The Hall–Kier alpha value is -1.49. The summed E-state index contributed by atoms with van der Waals surface area (Å²) >= 11 is 0. The van der Waals surface area contributed by atoms with Crippen LogP contribution in [0.15, 0.2) is 0 Å². The fraction of sp³-hybridized carbons (Fsp3) is 0.583. The van der Waals surface area contributed by atoms with Gasteiger partial charge in [-0.2, -0.15) is 0 Å². The predicted molar refractivity (Wildman–Crippen MR) is 60.5 cm³/mol. The van der Waals surface area contributed by atoms with Crippen LogP contribution in [0.1, 0.15) is 52.8 Å². The smallest absolute Gasteiger partial charge is 0.357 e. The number of hydrogen-bond acceptors (Lipinski definition) is 5. The molecule has 2 heterocycles. The number of methoxy groups -OCH3 is 1. The highest BCUT2D eigenvalue weighted by Crippen LogP contribution is 2.35. The highest BCUT2D eigenvalue weighted by molar-refractivity contribution is 5.89. The maximum absolute atomic E-state index is 11.7. The van der Waals surface area contributed by atoms with Crippen LogP contribution in [0.3, 0.4) is 0 Å². The molecule has 0 amide bonds. The lowest BCUT2D eigenvalue weighted by Crippen LogP contribution is -2.18. The minimum atomic E-state index is -0.354. The van der Waals surface area contributed by atoms with Gasteiger partial charge in [0.15, 0.2) is 5.69 Å². The molecular weight excluding hydrogens is 218 g/mol. The summed E-state index contributed by atoms with van der Waals surface area (Å²) in [5.74, 6) is 0.899. The number of nitrogens with zero attached hydrogens (tertiary/aromatic N) is 2. The Bertz CT molecular complexity index is 469. The zero-order chi connectivity index (χ0) is 11.8. The molecule has 1 fully saturated rings. The largest absolute Gasteiger partial charge is 0.464 e. The van der Waals surface area contributed by atoms with Gasteiger partial charge >= 0.3 is 5.97 Å². The van der Waals surface area contributed by atoms with Gasteiger partial charge in [-0.25, -0.2) is 14.8 Å². The molecule has 2 aliphatic rings. The number of hydrogen-bond donors (Lipinski definition) is 1. The first-order chi connectivity index (χ1) is 8.29. The Labute approximate surface area is 99.6 Å². The van der Waals surface area contributed by atoms with Crippen molar-refractivity contribution < 1.29 is 9.53 Å². The minimum absolute atomic E-state index is 0.354. The number of ether oxygens (including phenoxy) is 1. The van der Waals surface area contributed by atoms with Crippen molar-refractivity contribution in [1.29, 1.82) is 0 Å². The Kier molecular flexibility index (Phi) is 2.55. The SMILES string of the molecule is COC(=O)c1nc(C2CCC2)nc2c1CNC2. The van der Waals surface area contributed by atoms with E-state index in [1.165, 1.54) is 13.5 Å². The average molecular weight is 233 g/mol. The maximum Gasteiger partial charge on any atom is 0.357 e. The molecule has 0 unspecified atom stereocenters. The van der Waals surface area contributed by atoms with Gasteiger partial charge in [0.05, 0.1) is 12.8 Å². The lowest BCUT2D eigenvalue weighted by molar-refractivity contribution is 0.0591. The number of rotatable bonds is 2. The molecule has 1 aromatic rings. The molecule has 0 spiro atoms.